The Bertz CT molecular complexity index is 810. The van der Waals surface area contributed by atoms with Crippen molar-refractivity contribution < 1.29 is 24.2 Å². The molecule has 0 saturated carbocycles. The number of rotatable bonds is 2. The summed E-state index contributed by atoms with van der Waals surface area (Å²) in [5.74, 6) is -1.85. The van der Waals surface area contributed by atoms with Gasteiger partial charge in [0.2, 0.25) is 0 Å². The predicted molar refractivity (Wildman–Crippen MR) is 86.8 cm³/mol. The number of H-pyrrole nitrogens is 1. The lowest BCUT2D eigenvalue weighted by Gasteiger charge is -2.32. The summed E-state index contributed by atoms with van der Waals surface area (Å²) in [5, 5.41) is 9.03. The highest BCUT2D eigenvalue weighted by Gasteiger charge is 2.34. The molecule has 3 rings (SSSR count). The van der Waals surface area contributed by atoms with Crippen LogP contribution in [-0.2, 0) is 16.0 Å². The maximum absolute atomic E-state index is 12.7. The van der Waals surface area contributed by atoms with Crippen molar-refractivity contribution in [2.75, 3.05) is 19.7 Å². The van der Waals surface area contributed by atoms with Crippen LogP contribution in [0.1, 0.15) is 46.7 Å². The van der Waals surface area contributed by atoms with Gasteiger partial charge in [0.15, 0.2) is 11.9 Å². The van der Waals surface area contributed by atoms with E-state index in [4.69, 9.17) is 9.84 Å². The number of amides is 1. The molecule has 2 aliphatic rings. The summed E-state index contributed by atoms with van der Waals surface area (Å²) in [6, 6.07) is 1.35. The Kier molecular flexibility index (Phi) is 4.24. The number of pyridine rings is 1. The molecule has 2 heterocycles. The van der Waals surface area contributed by atoms with Crippen molar-refractivity contribution in [1.29, 1.82) is 0 Å². The van der Waals surface area contributed by atoms with E-state index in [1.54, 1.807) is 0 Å². The predicted octanol–water partition coefficient (Wildman–Crippen LogP) is 0.456. The zero-order valence-corrected chi connectivity index (χ0v) is 14.1. The zero-order chi connectivity index (χ0) is 18.4. The molecule has 0 radical (unpaired) electrons. The Morgan fingerprint density at radius 2 is 2.04 bits per heavy atom. The molecule has 1 aromatic rings. The number of Topliss-reactive ketones (excluding diaryl/α,β-unsaturated/α-hetero) is 1. The van der Waals surface area contributed by atoms with E-state index in [2.05, 4.69) is 4.98 Å². The van der Waals surface area contributed by atoms with Crippen molar-refractivity contribution in [3.8, 4) is 0 Å². The Morgan fingerprint density at radius 3 is 2.72 bits per heavy atom. The molecule has 1 fully saturated rings. The first-order valence-electron chi connectivity index (χ1n) is 8.11. The van der Waals surface area contributed by atoms with Crippen molar-refractivity contribution in [1.82, 2.24) is 9.88 Å². The molecule has 1 aliphatic carbocycles. The molecule has 1 aromatic heterocycles. The van der Waals surface area contributed by atoms with E-state index in [1.807, 2.05) is 13.8 Å². The highest BCUT2D eigenvalue weighted by Crippen LogP contribution is 2.33. The van der Waals surface area contributed by atoms with Crippen molar-refractivity contribution in [3.63, 3.8) is 0 Å². The number of ketones is 1. The van der Waals surface area contributed by atoms with Gasteiger partial charge >= 0.3 is 5.97 Å². The van der Waals surface area contributed by atoms with Gasteiger partial charge in [-0.25, -0.2) is 4.79 Å². The topological polar surface area (TPSA) is 117 Å². The quantitative estimate of drug-likeness (QED) is 0.802. The van der Waals surface area contributed by atoms with E-state index in [1.165, 1.54) is 11.0 Å². The molecule has 8 nitrogen and oxygen atoms in total. The molecule has 25 heavy (non-hydrogen) atoms. The van der Waals surface area contributed by atoms with Crippen LogP contribution in [0.2, 0.25) is 0 Å². The molecular weight excluding hydrogens is 328 g/mol. The number of aliphatic carboxylic acids is 1. The van der Waals surface area contributed by atoms with Gasteiger partial charge in [-0.1, -0.05) is 13.8 Å². The van der Waals surface area contributed by atoms with Crippen molar-refractivity contribution in [2.45, 2.75) is 32.8 Å². The highest BCUT2D eigenvalue weighted by molar-refractivity contribution is 6.02. The fraction of sp³-hybridized carbons (Fsp3) is 0.529. The molecule has 1 saturated heterocycles. The first-order valence-corrected chi connectivity index (χ1v) is 8.11. The third kappa shape index (κ3) is 3.34. The molecule has 1 atom stereocenters. The SMILES string of the molecule is CC1(C)CC(=O)c2cc(C(=O)N3CCOC(C(=O)O)C3)c(=O)[nH]c2C1. The summed E-state index contributed by atoms with van der Waals surface area (Å²) in [5.41, 5.74) is -0.0266. The number of carbonyl (C=O) groups excluding carboxylic acids is 2. The first-order chi connectivity index (χ1) is 11.7. The zero-order valence-electron chi connectivity index (χ0n) is 14.1. The van der Waals surface area contributed by atoms with Crippen LogP contribution in [-0.4, -0.2) is 58.5 Å². The van der Waals surface area contributed by atoms with Gasteiger partial charge in [-0.2, -0.15) is 0 Å². The number of morpholine rings is 1. The second-order valence-corrected chi connectivity index (χ2v) is 7.29. The number of carbonyl (C=O) groups is 3. The van der Waals surface area contributed by atoms with E-state index in [0.29, 0.717) is 24.1 Å². The number of carboxylic acid groups (broad SMARTS) is 1. The second-order valence-electron chi connectivity index (χ2n) is 7.29. The molecule has 134 valence electrons. The monoisotopic (exact) mass is 348 g/mol. The fourth-order valence-electron chi connectivity index (χ4n) is 3.34. The summed E-state index contributed by atoms with van der Waals surface area (Å²) in [4.78, 5) is 52.3. The van der Waals surface area contributed by atoms with Crippen LogP contribution in [0, 0.1) is 5.41 Å². The van der Waals surface area contributed by atoms with Crippen molar-refractivity contribution >= 4 is 17.7 Å². The van der Waals surface area contributed by atoms with E-state index in [0.717, 1.165) is 0 Å². The molecule has 0 spiro atoms. The standard InChI is InChI=1S/C17H20N2O6/c1-17(2)6-11-9(12(20)7-17)5-10(14(21)18-11)15(22)19-3-4-25-13(8-19)16(23)24/h5,13H,3-4,6-8H2,1-2H3,(H,18,21)(H,23,24). The summed E-state index contributed by atoms with van der Waals surface area (Å²) in [6.45, 7) is 4.04. The maximum Gasteiger partial charge on any atom is 0.334 e. The van der Waals surface area contributed by atoms with Gasteiger partial charge in [0.05, 0.1) is 13.2 Å². The number of aromatic amines is 1. The minimum absolute atomic E-state index is 0.0820. The third-order valence-electron chi connectivity index (χ3n) is 4.58. The van der Waals surface area contributed by atoms with Gasteiger partial charge in [-0.3, -0.25) is 14.4 Å². The number of carboxylic acids is 1. The molecule has 0 aromatic carbocycles. The van der Waals surface area contributed by atoms with Crippen molar-refractivity contribution in [2.24, 2.45) is 5.41 Å². The van der Waals surface area contributed by atoms with Gasteiger partial charge in [0, 0.05) is 24.2 Å². The largest absolute Gasteiger partial charge is 0.479 e. The van der Waals surface area contributed by atoms with E-state index < -0.39 is 23.5 Å². The molecule has 2 N–H and O–H groups in total. The minimum atomic E-state index is -1.16. The van der Waals surface area contributed by atoms with Crippen LogP contribution < -0.4 is 5.56 Å². The lowest BCUT2D eigenvalue weighted by Crippen LogP contribution is -2.49. The molecule has 1 aliphatic heterocycles. The summed E-state index contributed by atoms with van der Waals surface area (Å²) in [7, 11) is 0. The first kappa shape index (κ1) is 17.3. The Morgan fingerprint density at radius 1 is 1.32 bits per heavy atom. The normalized spacial score (nSPS) is 22.4. The summed E-state index contributed by atoms with van der Waals surface area (Å²) < 4.78 is 5.08. The van der Waals surface area contributed by atoms with Gasteiger partial charge < -0.3 is 19.7 Å². The number of nitrogens with zero attached hydrogens (tertiary/aromatic N) is 1. The minimum Gasteiger partial charge on any atom is -0.479 e. The van der Waals surface area contributed by atoms with Crippen LogP contribution in [0.3, 0.4) is 0 Å². The Labute approximate surface area is 143 Å². The molecule has 8 heteroatoms. The number of hydrogen-bond acceptors (Lipinski definition) is 5. The van der Waals surface area contributed by atoms with Gasteiger partial charge in [0.1, 0.15) is 5.56 Å². The van der Waals surface area contributed by atoms with E-state index >= 15 is 0 Å². The van der Waals surface area contributed by atoms with Gasteiger partial charge in [-0.05, 0) is 17.9 Å². The third-order valence-corrected chi connectivity index (χ3v) is 4.58. The number of nitrogens with one attached hydrogen (secondary N) is 1. The lowest BCUT2D eigenvalue weighted by molar-refractivity contribution is -0.154. The van der Waals surface area contributed by atoms with Crippen LogP contribution in [0.15, 0.2) is 10.9 Å². The fourth-order valence-corrected chi connectivity index (χ4v) is 3.34. The molecule has 1 unspecified atom stereocenters. The number of hydrogen-bond donors (Lipinski definition) is 2. The number of fused-ring (bicyclic) bond motifs is 1. The maximum atomic E-state index is 12.7. The lowest BCUT2D eigenvalue weighted by atomic mass is 9.75. The molecular formula is C17H20N2O6. The van der Waals surface area contributed by atoms with Crippen LogP contribution in [0.5, 0.6) is 0 Å². The number of aromatic nitrogens is 1. The second kappa shape index (κ2) is 6.11. The van der Waals surface area contributed by atoms with Crippen LogP contribution >= 0.6 is 0 Å². The van der Waals surface area contributed by atoms with E-state index in [-0.39, 0.29) is 36.5 Å². The van der Waals surface area contributed by atoms with Crippen LogP contribution in [0.25, 0.3) is 0 Å². The molecule has 0 bridgehead atoms. The Hall–Kier alpha value is -2.48. The summed E-state index contributed by atoms with van der Waals surface area (Å²) in [6.07, 6.45) is -0.216. The summed E-state index contributed by atoms with van der Waals surface area (Å²) >= 11 is 0. The van der Waals surface area contributed by atoms with Crippen molar-refractivity contribution in [3.05, 3.63) is 33.2 Å². The van der Waals surface area contributed by atoms with Gasteiger partial charge in [-0.15, -0.1) is 0 Å². The number of ether oxygens (including phenoxy) is 1. The average molecular weight is 348 g/mol. The smallest absolute Gasteiger partial charge is 0.334 e. The Balaban J connectivity index is 1.92. The van der Waals surface area contributed by atoms with Gasteiger partial charge in [0.25, 0.3) is 11.5 Å². The van der Waals surface area contributed by atoms with E-state index in [9.17, 15) is 19.2 Å². The highest BCUT2D eigenvalue weighted by atomic mass is 16.5. The van der Waals surface area contributed by atoms with Crippen LogP contribution in [0.4, 0.5) is 0 Å². The average Bonchev–Trinajstić information content (AvgIpc) is 2.52. The molecule has 1 amide bonds.